The van der Waals surface area contributed by atoms with Crippen LogP contribution in [0.5, 0.6) is 5.75 Å². The number of nitrogens with one attached hydrogen (secondary N) is 1. The molecule has 152 valence electrons. The van der Waals surface area contributed by atoms with Crippen molar-refractivity contribution in [3.8, 4) is 5.75 Å². The predicted octanol–water partition coefficient (Wildman–Crippen LogP) is 5.19. The maximum Gasteiger partial charge on any atom is 0.224 e. The Bertz CT molecular complexity index is 799. The summed E-state index contributed by atoms with van der Waals surface area (Å²) in [5.41, 5.74) is 1.82. The van der Waals surface area contributed by atoms with E-state index in [1.807, 2.05) is 6.92 Å². The number of halogens is 1. The zero-order valence-corrected chi connectivity index (χ0v) is 17.6. The number of hydrogen-bond donors (Lipinski definition) is 1. The number of furan rings is 1. The van der Waals surface area contributed by atoms with Gasteiger partial charge in [0.15, 0.2) is 0 Å². The van der Waals surface area contributed by atoms with E-state index in [0.29, 0.717) is 28.8 Å². The zero-order chi connectivity index (χ0) is 20.1. The average molecular weight is 405 g/mol. The maximum atomic E-state index is 12.4. The first kappa shape index (κ1) is 20.7. The molecule has 2 heterocycles. The SMILES string of the molecule is COc1ccc(Cl)cc1NC(=O)CCC1CCCN(Cc2cc(C)c(C)o2)C1. The van der Waals surface area contributed by atoms with E-state index in [4.69, 9.17) is 20.8 Å². The largest absolute Gasteiger partial charge is 0.495 e. The van der Waals surface area contributed by atoms with Gasteiger partial charge in [-0.05, 0) is 75.4 Å². The topological polar surface area (TPSA) is 54.7 Å². The molecule has 1 atom stereocenters. The lowest BCUT2D eigenvalue weighted by Gasteiger charge is -2.32. The molecule has 5 nitrogen and oxygen atoms in total. The van der Waals surface area contributed by atoms with Gasteiger partial charge in [0.05, 0.1) is 19.3 Å². The molecule has 6 heteroatoms. The minimum absolute atomic E-state index is 0.00465. The van der Waals surface area contributed by atoms with Gasteiger partial charge in [-0.15, -0.1) is 0 Å². The first-order valence-electron chi connectivity index (χ1n) is 9.86. The molecular formula is C22H29ClN2O3. The standard InChI is InChI=1S/C22H29ClN2O3/c1-15-11-19(28-16(15)2)14-25-10-4-5-17(13-25)6-9-22(26)24-20-12-18(23)7-8-21(20)27-3/h7-8,11-12,17H,4-6,9-10,13-14H2,1-3H3,(H,24,26). The third-order valence-electron chi connectivity index (χ3n) is 5.41. The van der Waals surface area contributed by atoms with Crippen molar-refractivity contribution >= 4 is 23.2 Å². The van der Waals surface area contributed by atoms with Gasteiger partial charge in [-0.1, -0.05) is 11.6 Å². The average Bonchev–Trinajstić information content (AvgIpc) is 2.97. The lowest BCUT2D eigenvalue weighted by Crippen LogP contribution is -2.35. The van der Waals surface area contributed by atoms with Crippen LogP contribution in [0.2, 0.25) is 5.02 Å². The molecule has 1 aliphatic heterocycles. The molecule has 1 amide bonds. The minimum atomic E-state index is -0.00465. The van der Waals surface area contributed by atoms with Crippen molar-refractivity contribution in [3.63, 3.8) is 0 Å². The van der Waals surface area contributed by atoms with Gasteiger partial charge in [0, 0.05) is 18.0 Å². The van der Waals surface area contributed by atoms with Gasteiger partial charge in [0.25, 0.3) is 0 Å². The van der Waals surface area contributed by atoms with E-state index >= 15 is 0 Å². The molecule has 1 N–H and O–H groups in total. The normalized spacial score (nSPS) is 17.5. The second kappa shape index (κ2) is 9.48. The summed E-state index contributed by atoms with van der Waals surface area (Å²) in [5, 5.41) is 3.50. The number of hydrogen-bond acceptors (Lipinski definition) is 4. The third kappa shape index (κ3) is 5.52. The van der Waals surface area contributed by atoms with E-state index < -0.39 is 0 Å². The highest BCUT2D eigenvalue weighted by Gasteiger charge is 2.22. The van der Waals surface area contributed by atoms with E-state index in [1.165, 1.54) is 12.0 Å². The molecule has 1 fully saturated rings. The number of carbonyl (C=O) groups excluding carboxylic acids is 1. The molecule has 28 heavy (non-hydrogen) atoms. The molecule has 1 aromatic carbocycles. The molecule has 0 aliphatic carbocycles. The summed E-state index contributed by atoms with van der Waals surface area (Å²) in [4.78, 5) is 14.8. The summed E-state index contributed by atoms with van der Waals surface area (Å²) < 4.78 is 11.1. The lowest BCUT2D eigenvalue weighted by atomic mass is 9.93. The summed E-state index contributed by atoms with van der Waals surface area (Å²) in [7, 11) is 1.58. The number of amides is 1. The van der Waals surface area contributed by atoms with E-state index in [2.05, 4.69) is 23.2 Å². The number of likely N-dealkylation sites (tertiary alicyclic amines) is 1. The maximum absolute atomic E-state index is 12.4. The van der Waals surface area contributed by atoms with Crippen molar-refractivity contribution in [3.05, 3.63) is 46.4 Å². The number of anilines is 1. The predicted molar refractivity (Wildman–Crippen MR) is 112 cm³/mol. The molecular weight excluding hydrogens is 376 g/mol. The number of aryl methyl sites for hydroxylation is 2. The van der Waals surface area contributed by atoms with Gasteiger partial charge in [-0.3, -0.25) is 9.69 Å². The van der Waals surface area contributed by atoms with Crippen molar-refractivity contribution in [2.75, 3.05) is 25.5 Å². The molecule has 0 radical (unpaired) electrons. The number of benzene rings is 1. The monoisotopic (exact) mass is 404 g/mol. The molecule has 1 aliphatic rings. The number of methoxy groups -OCH3 is 1. The fourth-order valence-corrected chi connectivity index (χ4v) is 3.98. The Morgan fingerprint density at radius 1 is 1.36 bits per heavy atom. The Balaban J connectivity index is 1.48. The summed E-state index contributed by atoms with van der Waals surface area (Å²) in [6, 6.07) is 7.35. The van der Waals surface area contributed by atoms with Crippen LogP contribution in [0.15, 0.2) is 28.7 Å². The van der Waals surface area contributed by atoms with Gasteiger partial charge >= 0.3 is 0 Å². The smallest absolute Gasteiger partial charge is 0.224 e. The van der Waals surface area contributed by atoms with Gasteiger partial charge < -0.3 is 14.5 Å². The van der Waals surface area contributed by atoms with Gasteiger partial charge in [-0.25, -0.2) is 0 Å². The molecule has 0 saturated carbocycles. The van der Waals surface area contributed by atoms with Crippen molar-refractivity contribution in [1.82, 2.24) is 4.90 Å². The molecule has 1 aromatic heterocycles. The van der Waals surface area contributed by atoms with Crippen LogP contribution in [0.4, 0.5) is 5.69 Å². The fourth-order valence-electron chi connectivity index (χ4n) is 3.80. The van der Waals surface area contributed by atoms with Crippen LogP contribution in [0.1, 0.15) is 42.8 Å². The van der Waals surface area contributed by atoms with Crippen molar-refractivity contribution in [2.45, 2.75) is 46.1 Å². The van der Waals surface area contributed by atoms with Crippen LogP contribution in [-0.2, 0) is 11.3 Å². The van der Waals surface area contributed by atoms with Crippen LogP contribution in [-0.4, -0.2) is 31.0 Å². The Kier molecular flexibility index (Phi) is 7.03. The number of ether oxygens (including phenoxy) is 1. The summed E-state index contributed by atoms with van der Waals surface area (Å²) in [6.07, 6.45) is 3.70. The van der Waals surface area contributed by atoms with Crippen LogP contribution in [0.25, 0.3) is 0 Å². The van der Waals surface area contributed by atoms with Crippen molar-refractivity contribution < 1.29 is 13.9 Å². The first-order valence-corrected chi connectivity index (χ1v) is 10.2. The van der Waals surface area contributed by atoms with Crippen molar-refractivity contribution in [1.29, 1.82) is 0 Å². The Hall–Kier alpha value is -1.98. The fraction of sp³-hybridized carbons (Fsp3) is 0.500. The Morgan fingerprint density at radius 2 is 2.18 bits per heavy atom. The second-order valence-corrected chi connectivity index (χ2v) is 8.06. The quantitative estimate of drug-likeness (QED) is 0.689. The highest BCUT2D eigenvalue weighted by molar-refractivity contribution is 6.31. The van der Waals surface area contributed by atoms with E-state index in [9.17, 15) is 4.79 Å². The molecule has 1 unspecified atom stereocenters. The van der Waals surface area contributed by atoms with Gasteiger partial charge in [-0.2, -0.15) is 0 Å². The second-order valence-electron chi connectivity index (χ2n) is 7.63. The molecule has 3 rings (SSSR count). The lowest BCUT2D eigenvalue weighted by molar-refractivity contribution is -0.116. The summed E-state index contributed by atoms with van der Waals surface area (Å²) in [5.74, 6) is 3.16. The molecule has 0 bridgehead atoms. The summed E-state index contributed by atoms with van der Waals surface area (Å²) in [6.45, 7) is 7.02. The van der Waals surface area contributed by atoms with Gasteiger partial charge in [0.1, 0.15) is 17.3 Å². The van der Waals surface area contributed by atoms with Gasteiger partial charge in [0.2, 0.25) is 5.91 Å². The third-order valence-corrected chi connectivity index (χ3v) is 5.65. The van der Waals surface area contributed by atoms with Crippen LogP contribution in [0, 0.1) is 19.8 Å². The molecule has 1 saturated heterocycles. The van der Waals surface area contributed by atoms with Crippen molar-refractivity contribution in [2.24, 2.45) is 5.92 Å². The van der Waals surface area contributed by atoms with E-state index in [-0.39, 0.29) is 5.91 Å². The van der Waals surface area contributed by atoms with Crippen LogP contribution < -0.4 is 10.1 Å². The van der Waals surface area contributed by atoms with Crippen LogP contribution >= 0.6 is 11.6 Å². The zero-order valence-electron chi connectivity index (χ0n) is 16.9. The molecule has 2 aromatic rings. The number of rotatable bonds is 7. The number of piperidine rings is 1. The highest BCUT2D eigenvalue weighted by atomic mass is 35.5. The van der Waals surface area contributed by atoms with Crippen LogP contribution in [0.3, 0.4) is 0 Å². The van der Waals surface area contributed by atoms with E-state index in [1.54, 1.807) is 25.3 Å². The van der Waals surface area contributed by atoms with E-state index in [0.717, 1.165) is 44.0 Å². The number of nitrogens with zero attached hydrogens (tertiary/aromatic N) is 1. The Morgan fingerprint density at radius 3 is 2.89 bits per heavy atom. The minimum Gasteiger partial charge on any atom is -0.495 e. The highest BCUT2D eigenvalue weighted by Crippen LogP contribution is 2.28. The Labute approximate surface area is 172 Å². The number of carbonyl (C=O) groups is 1. The first-order chi connectivity index (χ1) is 13.4. The summed E-state index contributed by atoms with van der Waals surface area (Å²) >= 11 is 6.03. The molecule has 0 spiro atoms.